The summed E-state index contributed by atoms with van der Waals surface area (Å²) in [6.07, 6.45) is 2.10. The van der Waals surface area contributed by atoms with Crippen LogP contribution in [0.1, 0.15) is 5.56 Å². The highest BCUT2D eigenvalue weighted by Crippen LogP contribution is 2.14. The first-order valence-electron chi connectivity index (χ1n) is 5.90. The summed E-state index contributed by atoms with van der Waals surface area (Å²) >= 11 is 1.77. The average Bonchev–Trinajstić information content (AvgIpc) is 2.38. The van der Waals surface area contributed by atoms with Gasteiger partial charge in [0, 0.05) is 38.2 Å². The van der Waals surface area contributed by atoms with Crippen LogP contribution in [-0.2, 0) is 11.3 Å². The molecule has 1 aromatic rings. The van der Waals surface area contributed by atoms with Crippen LogP contribution in [-0.4, -0.2) is 39.6 Å². The Morgan fingerprint density at radius 1 is 1.06 bits per heavy atom. The zero-order valence-corrected chi connectivity index (χ0v) is 11.5. The summed E-state index contributed by atoms with van der Waals surface area (Å²) in [7, 11) is 1.72. The molecule has 1 rings (SSSR count). The molecule has 0 radical (unpaired) electrons. The lowest BCUT2D eigenvalue weighted by Crippen LogP contribution is -2.29. The van der Waals surface area contributed by atoms with Crippen LogP contribution in [0, 0.1) is 0 Å². The van der Waals surface area contributed by atoms with Gasteiger partial charge in [-0.05, 0) is 24.0 Å². The summed E-state index contributed by atoms with van der Waals surface area (Å²) in [6, 6.07) is 8.69. The Labute approximate surface area is 108 Å². The molecule has 96 valence electrons. The van der Waals surface area contributed by atoms with Crippen LogP contribution in [0.2, 0.25) is 0 Å². The summed E-state index contributed by atoms with van der Waals surface area (Å²) in [5, 5.41) is 6.71. The van der Waals surface area contributed by atoms with Gasteiger partial charge in [-0.2, -0.15) is 0 Å². The molecule has 0 amide bonds. The average molecular weight is 254 g/mol. The minimum Gasteiger partial charge on any atom is -0.383 e. The summed E-state index contributed by atoms with van der Waals surface area (Å²) in [5.41, 5.74) is 1.33. The lowest BCUT2D eigenvalue weighted by molar-refractivity contribution is 0.199. The molecule has 0 fully saturated rings. The molecule has 17 heavy (non-hydrogen) atoms. The smallest absolute Gasteiger partial charge is 0.0587 e. The number of benzene rings is 1. The third-order valence-corrected chi connectivity index (χ3v) is 3.19. The molecule has 1 aromatic carbocycles. The maximum Gasteiger partial charge on any atom is 0.0587 e. The van der Waals surface area contributed by atoms with Gasteiger partial charge in [0.2, 0.25) is 0 Å². The minimum absolute atomic E-state index is 0.774. The lowest BCUT2D eigenvalue weighted by atomic mass is 10.2. The molecule has 0 aliphatic heterocycles. The van der Waals surface area contributed by atoms with Crippen molar-refractivity contribution in [3.8, 4) is 0 Å². The lowest BCUT2D eigenvalue weighted by Gasteiger charge is -2.06. The summed E-state index contributed by atoms with van der Waals surface area (Å²) < 4.78 is 4.95. The van der Waals surface area contributed by atoms with Crippen LogP contribution < -0.4 is 10.6 Å². The van der Waals surface area contributed by atoms with Crippen molar-refractivity contribution in [1.82, 2.24) is 10.6 Å². The molecule has 3 nitrogen and oxygen atoms in total. The van der Waals surface area contributed by atoms with Crippen LogP contribution in [0.15, 0.2) is 29.2 Å². The van der Waals surface area contributed by atoms with Gasteiger partial charge in [0.25, 0.3) is 0 Å². The van der Waals surface area contributed by atoms with Crippen LogP contribution in [0.3, 0.4) is 0 Å². The second-order valence-corrected chi connectivity index (χ2v) is 4.65. The molecule has 4 heteroatoms. The van der Waals surface area contributed by atoms with E-state index in [1.165, 1.54) is 10.5 Å². The Morgan fingerprint density at radius 3 is 2.41 bits per heavy atom. The first-order chi connectivity index (χ1) is 8.36. The molecular weight excluding hydrogens is 232 g/mol. The second-order valence-electron chi connectivity index (χ2n) is 3.77. The number of hydrogen-bond acceptors (Lipinski definition) is 4. The highest BCUT2D eigenvalue weighted by atomic mass is 32.2. The van der Waals surface area contributed by atoms with E-state index in [0.29, 0.717) is 0 Å². The maximum absolute atomic E-state index is 4.95. The van der Waals surface area contributed by atoms with E-state index in [4.69, 9.17) is 4.74 Å². The van der Waals surface area contributed by atoms with Crippen molar-refractivity contribution in [3.63, 3.8) is 0 Å². The quantitative estimate of drug-likeness (QED) is 0.519. The van der Waals surface area contributed by atoms with E-state index in [2.05, 4.69) is 41.2 Å². The van der Waals surface area contributed by atoms with E-state index in [9.17, 15) is 0 Å². The van der Waals surface area contributed by atoms with Crippen LogP contribution in [0.4, 0.5) is 0 Å². The van der Waals surface area contributed by atoms with Crippen molar-refractivity contribution in [3.05, 3.63) is 29.8 Å². The monoisotopic (exact) mass is 254 g/mol. The van der Waals surface area contributed by atoms with Gasteiger partial charge in [0.1, 0.15) is 0 Å². The van der Waals surface area contributed by atoms with Gasteiger partial charge in [-0.1, -0.05) is 12.1 Å². The van der Waals surface area contributed by atoms with E-state index in [-0.39, 0.29) is 0 Å². The molecule has 0 saturated carbocycles. The molecule has 0 aliphatic rings. The highest BCUT2D eigenvalue weighted by molar-refractivity contribution is 7.98. The molecule has 0 heterocycles. The van der Waals surface area contributed by atoms with Gasteiger partial charge in [0.05, 0.1) is 6.61 Å². The third-order valence-electron chi connectivity index (χ3n) is 2.45. The fourth-order valence-electron chi connectivity index (χ4n) is 1.45. The van der Waals surface area contributed by atoms with Gasteiger partial charge in [-0.25, -0.2) is 0 Å². The van der Waals surface area contributed by atoms with Crippen LogP contribution in [0.5, 0.6) is 0 Å². The third kappa shape index (κ3) is 6.68. The Hall–Kier alpha value is -0.550. The first kappa shape index (κ1) is 14.5. The van der Waals surface area contributed by atoms with Crippen molar-refractivity contribution < 1.29 is 4.74 Å². The first-order valence-corrected chi connectivity index (χ1v) is 7.12. The molecule has 0 bridgehead atoms. The predicted molar refractivity (Wildman–Crippen MR) is 74.7 cm³/mol. The van der Waals surface area contributed by atoms with Crippen molar-refractivity contribution in [2.45, 2.75) is 11.4 Å². The topological polar surface area (TPSA) is 33.3 Å². The van der Waals surface area contributed by atoms with E-state index >= 15 is 0 Å². The number of rotatable bonds is 9. The van der Waals surface area contributed by atoms with Crippen LogP contribution >= 0.6 is 11.8 Å². The van der Waals surface area contributed by atoms with E-state index < -0.39 is 0 Å². The Bertz CT molecular complexity index is 290. The fraction of sp³-hybridized carbons (Fsp3) is 0.538. The molecule has 0 aromatic heterocycles. The standard InChI is InChI=1S/C13H22N2OS/c1-16-10-9-14-7-8-15-11-12-3-5-13(17-2)6-4-12/h3-6,14-15H,7-11H2,1-2H3. The Kier molecular flexibility index (Phi) is 8.09. The molecule has 2 N–H and O–H groups in total. The SMILES string of the molecule is COCCNCCNCc1ccc(SC)cc1. The minimum atomic E-state index is 0.774. The van der Waals surface area contributed by atoms with E-state index in [0.717, 1.165) is 32.8 Å². The fourth-order valence-corrected chi connectivity index (χ4v) is 1.86. The molecule has 0 atom stereocenters. The molecule has 0 aliphatic carbocycles. The predicted octanol–water partition coefficient (Wildman–Crippen LogP) is 1.73. The number of nitrogens with one attached hydrogen (secondary N) is 2. The Balaban J connectivity index is 2.05. The second kappa shape index (κ2) is 9.48. The van der Waals surface area contributed by atoms with Gasteiger partial charge in [-0.3, -0.25) is 0 Å². The van der Waals surface area contributed by atoms with Gasteiger partial charge in [-0.15, -0.1) is 11.8 Å². The van der Waals surface area contributed by atoms with Crippen molar-refractivity contribution in [2.75, 3.05) is 39.6 Å². The molecular formula is C13H22N2OS. The number of thioether (sulfide) groups is 1. The number of methoxy groups -OCH3 is 1. The van der Waals surface area contributed by atoms with Crippen molar-refractivity contribution >= 4 is 11.8 Å². The van der Waals surface area contributed by atoms with E-state index in [1.807, 2.05) is 0 Å². The van der Waals surface area contributed by atoms with Crippen LogP contribution in [0.25, 0.3) is 0 Å². The zero-order chi connectivity index (χ0) is 12.3. The molecule has 0 spiro atoms. The van der Waals surface area contributed by atoms with E-state index in [1.54, 1.807) is 18.9 Å². The van der Waals surface area contributed by atoms with Gasteiger partial charge in [0.15, 0.2) is 0 Å². The zero-order valence-electron chi connectivity index (χ0n) is 10.7. The summed E-state index contributed by atoms with van der Waals surface area (Å²) in [4.78, 5) is 1.31. The molecule has 0 saturated heterocycles. The molecule has 0 unspecified atom stereocenters. The van der Waals surface area contributed by atoms with Gasteiger partial charge >= 0.3 is 0 Å². The number of ether oxygens (including phenoxy) is 1. The largest absolute Gasteiger partial charge is 0.383 e. The maximum atomic E-state index is 4.95. The van der Waals surface area contributed by atoms with Gasteiger partial charge < -0.3 is 15.4 Å². The highest BCUT2D eigenvalue weighted by Gasteiger charge is 1.93. The number of hydrogen-bond donors (Lipinski definition) is 2. The normalized spacial score (nSPS) is 10.7. The summed E-state index contributed by atoms with van der Waals surface area (Å²) in [5.74, 6) is 0. The summed E-state index contributed by atoms with van der Waals surface area (Å²) in [6.45, 7) is 4.58. The van der Waals surface area contributed by atoms with Crippen molar-refractivity contribution in [1.29, 1.82) is 0 Å². The Morgan fingerprint density at radius 2 is 1.76 bits per heavy atom. The van der Waals surface area contributed by atoms with Crippen molar-refractivity contribution in [2.24, 2.45) is 0 Å².